The van der Waals surface area contributed by atoms with E-state index in [1.807, 2.05) is 30.3 Å². The van der Waals surface area contributed by atoms with E-state index in [2.05, 4.69) is 27.7 Å². The van der Waals surface area contributed by atoms with Gasteiger partial charge in [-0.2, -0.15) is 4.80 Å². The zero-order valence-electron chi connectivity index (χ0n) is 13.4. The molecule has 124 valence electrons. The van der Waals surface area contributed by atoms with Gasteiger partial charge in [-0.25, -0.2) is 0 Å². The summed E-state index contributed by atoms with van der Waals surface area (Å²) in [6.07, 6.45) is 3.01. The molecule has 2 aromatic rings. The van der Waals surface area contributed by atoms with Crippen molar-refractivity contribution in [1.29, 1.82) is 0 Å². The minimum Gasteiger partial charge on any atom is -0.381 e. The smallest absolute Gasteiger partial charge is 0.243 e. The van der Waals surface area contributed by atoms with Crippen molar-refractivity contribution in [3.05, 3.63) is 30.3 Å². The first-order valence-corrected chi connectivity index (χ1v) is 7.97. The van der Waals surface area contributed by atoms with Crippen molar-refractivity contribution in [3.63, 3.8) is 0 Å². The molecule has 2 rings (SSSR count). The van der Waals surface area contributed by atoms with Crippen LogP contribution in [0.5, 0.6) is 0 Å². The normalized spacial score (nSPS) is 10.7. The van der Waals surface area contributed by atoms with Crippen molar-refractivity contribution in [3.8, 4) is 11.4 Å². The highest BCUT2D eigenvalue weighted by Crippen LogP contribution is 2.11. The van der Waals surface area contributed by atoms with Crippen molar-refractivity contribution in [2.45, 2.75) is 32.7 Å². The van der Waals surface area contributed by atoms with E-state index in [1.165, 1.54) is 4.80 Å². The van der Waals surface area contributed by atoms with Gasteiger partial charge < -0.3 is 10.1 Å². The lowest BCUT2D eigenvalue weighted by atomic mass is 10.2. The molecule has 0 fully saturated rings. The molecule has 0 radical (unpaired) electrons. The molecule has 7 nitrogen and oxygen atoms in total. The first-order chi connectivity index (χ1) is 11.3. The van der Waals surface area contributed by atoms with Gasteiger partial charge in [-0.15, -0.1) is 10.2 Å². The fourth-order valence-corrected chi connectivity index (χ4v) is 1.95. The lowest BCUT2D eigenvalue weighted by Gasteiger charge is -2.05. The zero-order valence-corrected chi connectivity index (χ0v) is 13.4. The summed E-state index contributed by atoms with van der Waals surface area (Å²) in [7, 11) is 0. The summed E-state index contributed by atoms with van der Waals surface area (Å²) in [5.74, 6) is 0.387. The van der Waals surface area contributed by atoms with Crippen LogP contribution < -0.4 is 5.32 Å². The van der Waals surface area contributed by atoms with Crippen LogP contribution >= 0.6 is 0 Å². The van der Waals surface area contributed by atoms with Gasteiger partial charge in [0.05, 0.1) is 0 Å². The van der Waals surface area contributed by atoms with Crippen LogP contribution in [0.1, 0.15) is 26.2 Å². The lowest BCUT2D eigenvalue weighted by Crippen LogP contribution is -2.29. The largest absolute Gasteiger partial charge is 0.381 e. The van der Waals surface area contributed by atoms with Gasteiger partial charge in [0.2, 0.25) is 11.7 Å². The maximum atomic E-state index is 11.8. The SMILES string of the molecule is CCCCOCCCNC(=O)Cn1nnc(-c2ccccc2)n1. The molecule has 1 heterocycles. The molecule has 23 heavy (non-hydrogen) atoms. The molecule has 1 aromatic carbocycles. The van der Waals surface area contributed by atoms with Crippen LogP contribution in [0.2, 0.25) is 0 Å². The van der Waals surface area contributed by atoms with Gasteiger partial charge in [0.15, 0.2) is 0 Å². The Hall–Kier alpha value is -2.28. The minimum atomic E-state index is -0.129. The second-order valence-electron chi connectivity index (χ2n) is 5.18. The Morgan fingerprint density at radius 2 is 2.00 bits per heavy atom. The van der Waals surface area contributed by atoms with Crippen LogP contribution in [0, 0.1) is 0 Å². The first-order valence-electron chi connectivity index (χ1n) is 7.97. The highest BCUT2D eigenvalue weighted by atomic mass is 16.5. The number of hydrogen-bond acceptors (Lipinski definition) is 5. The van der Waals surface area contributed by atoms with E-state index in [9.17, 15) is 4.79 Å². The molecule has 0 bridgehead atoms. The Labute approximate surface area is 136 Å². The minimum absolute atomic E-state index is 0.0660. The maximum Gasteiger partial charge on any atom is 0.243 e. The monoisotopic (exact) mass is 317 g/mol. The van der Waals surface area contributed by atoms with Crippen LogP contribution in [0.3, 0.4) is 0 Å². The molecular weight excluding hydrogens is 294 g/mol. The van der Waals surface area contributed by atoms with E-state index in [-0.39, 0.29) is 12.5 Å². The average Bonchev–Trinajstić information content (AvgIpc) is 3.03. The van der Waals surface area contributed by atoms with Gasteiger partial charge in [-0.1, -0.05) is 43.7 Å². The summed E-state index contributed by atoms with van der Waals surface area (Å²) in [5, 5.41) is 14.9. The quantitative estimate of drug-likeness (QED) is 0.674. The number of hydrogen-bond donors (Lipinski definition) is 1. The van der Waals surface area contributed by atoms with Crippen molar-refractivity contribution < 1.29 is 9.53 Å². The lowest BCUT2D eigenvalue weighted by molar-refractivity contribution is -0.122. The van der Waals surface area contributed by atoms with Gasteiger partial charge in [0, 0.05) is 25.3 Å². The number of benzene rings is 1. The van der Waals surface area contributed by atoms with Crippen molar-refractivity contribution in [2.75, 3.05) is 19.8 Å². The van der Waals surface area contributed by atoms with Crippen molar-refractivity contribution in [2.24, 2.45) is 0 Å². The molecule has 0 spiro atoms. The van der Waals surface area contributed by atoms with E-state index in [0.29, 0.717) is 19.0 Å². The molecule has 1 aromatic heterocycles. The molecule has 0 atom stereocenters. The highest BCUT2D eigenvalue weighted by molar-refractivity contribution is 5.75. The summed E-state index contributed by atoms with van der Waals surface area (Å²) in [4.78, 5) is 13.1. The number of aromatic nitrogens is 4. The number of unbranched alkanes of at least 4 members (excludes halogenated alkanes) is 1. The molecule has 0 aliphatic rings. The number of rotatable bonds is 10. The molecule has 0 saturated carbocycles. The number of carbonyl (C=O) groups is 1. The summed E-state index contributed by atoms with van der Waals surface area (Å²) < 4.78 is 5.44. The second kappa shape index (κ2) is 9.68. The van der Waals surface area contributed by atoms with Gasteiger partial charge in [-0.05, 0) is 18.1 Å². The second-order valence-corrected chi connectivity index (χ2v) is 5.18. The molecule has 1 N–H and O–H groups in total. The van der Waals surface area contributed by atoms with Crippen LogP contribution in [0.25, 0.3) is 11.4 Å². The molecule has 0 aliphatic heterocycles. The molecule has 7 heteroatoms. The fourth-order valence-electron chi connectivity index (χ4n) is 1.95. The van der Waals surface area contributed by atoms with Crippen molar-refractivity contribution in [1.82, 2.24) is 25.5 Å². The molecule has 1 amide bonds. The van der Waals surface area contributed by atoms with E-state index in [1.54, 1.807) is 0 Å². The number of amides is 1. The Morgan fingerprint density at radius 1 is 1.22 bits per heavy atom. The van der Waals surface area contributed by atoms with Crippen molar-refractivity contribution >= 4 is 5.91 Å². The number of nitrogens with zero attached hydrogens (tertiary/aromatic N) is 4. The van der Waals surface area contributed by atoms with E-state index >= 15 is 0 Å². The molecule has 0 aliphatic carbocycles. The number of nitrogens with one attached hydrogen (secondary N) is 1. The Bertz CT molecular complexity index is 585. The number of ether oxygens (including phenoxy) is 1. The third-order valence-corrected chi connectivity index (χ3v) is 3.20. The standard InChI is InChI=1S/C16H23N5O2/c1-2-3-11-23-12-7-10-17-15(22)13-21-19-16(18-20-21)14-8-5-4-6-9-14/h4-6,8-9H,2-3,7,10-13H2,1H3,(H,17,22). The molecular formula is C16H23N5O2. The van der Waals surface area contributed by atoms with Crippen LogP contribution in [-0.4, -0.2) is 45.9 Å². The van der Waals surface area contributed by atoms with E-state index < -0.39 is 0 Å². The van der Waals surface area contributed by atoms with E-state index in [4.69, 9.17) is 4.74 Å². The maximum absolute atomic E-state index is 11.8. The first kappa shape index (κ1) is 17.1. The predicted molar refractivity (Wildman–Crippen MR) is 86.6 cm³/mol. The van der Waals surface area contributed by atoms with Gasteiger partial charge in [-0.3, -0.25) is 4.79 Å². The van der Waals surface area contributed by atoms with Crippen LogP contribution in [0.4, 0.5) is 0 Å². The number of tetrazole rings is 1. The molecule has 0 unspecified atom stereocenters. The number of carbonyl (C=O) groups excluding carboxylic acids is 1. The Morgan fingerprint density at radius 3 is 2.78 bits per heavy atom. The van der Waals surface area contributed by atoms with Gasteiger partial charge >= 0.3 is 0 Å². The topological polar surface area (TPSA) is 81.9 Å². The summed E-state index contributed by atoms with van der Waals surface area (Å²) in [6.45, 7) is 4.24. The van der Waals surface area contributed by atoms with E-state index in [0.717, 1.165) is 31.4 Å². The summed E-state index contributed by atoms with van der Waals surface area (Å²) in [6, 6.07) is 9.55. The average molecular weight is 317 g/mol. The Balaban J connectivity index is 1.67. The zero-order chi connectivity index (χ0) is 16.3. The fraction of sp³-hybridized carbons (Fsp3) is 0.500. The van der Waals surface area contributed by atoms with Crippen LogP contribution in [-0.2, 0) is 16.1 Å². The Kier molecular flexibility index (Phi) is 7.19. The van der Waals surface area contributed by atoms with Gasteiger partial charge in [0.25, 0.3) is 0 Å². The third-order valence-electron chi connectivity index (χ3n) is 3.20. The molecule has 0 saturated heterocycles. The van der Waals surface area contributed by atoms with Gasteiger partial charge in [0.1, 0.15) is 6.54 Å². The predicted octanol–water partition coefficient (Wildman–Crippen LogP) is 1.66. The summed E-state index contributed by atoms with van der Waals surface area (Å²) in [5.41, 5.74) is 0.878. The highest BCUT2D eigenvalue weighted by Gasteiger charge is 2.08. The third kappa shape index (κ3) is 6.15. The van der Waals surface area contributed by atoms with Crippen LogP contribution in [0.15, 0.2) is 30.3 Å². The summed E-state index contributed by atoms with van der Waals surface area (Å²) >= 11 is 0.